The molecule has 1 aromatic rings. The van der Waals surface area contributed by atoms with Crippen LogP contribution in [-0.4, -0.2) is 30.7 Å². The molecular formula is C13H17NO4. The first kappa shape index (κ1) is 14.2. The van der Waals surface area contributed by atoms with E-state index < -0.39 is 17.4 Å². The topological polar surface area (TPSA) is 75.6 Å². The lowest BCUT2D eigenvalue weighted by Gasteiger charge is -2.30. The molecule has 0 spiro atoms. The molecule has 1 amide bonds. The van der Waals surface area contributed by atoms with E-state index in [4.69, 9.17) is 4.74 Å². The Hall–Kier alpha value is -1.88. The molecule has 1 atom stereocenters. The number of hydrogen-bond acceptors (Lipinski definition) is 3. The van der Waals surface area contributed by atoms with Crippen LogP contribution in [0.1, 0.15) is 18.9 Å². The Bertz CT molecular complexity index is 418. The van der Waals surface area contributed by atoms with Crippen molar-refractivity contribution in [2.45, 2.75) is 18.9 Å². The van der Waals surface area contributed by atoms with Gasteiger partial charge >= 0.3 is 5.97 Å². The van der Waals surface area contributed by atoms with Crippen LogP contribution in [0, 0.1) is 0 Å². The number of hydrogen-bond donors (Lipinski definition) is 2. The van der Waals surface area contributed by atoms with Gasteiger partial charge in [-0.1, -0.05) is 30.3 Å². The molecule has 1 unspecified atom stereocenters. The molecule has 0 aliphatic carbocycles. The molecule has 0 saturated carbocycles. The first-order valence-corrected chi connectivity index (χ1v) is 5.59. The van der Waals surface area contributed by atoms with E-state index in [2.05, 4.69) is 5.32 Å². The van der Waals surface area contributed by atoms with Crippen LogP contribution in [0.3, 0.4) is 0 Å². The van der Waals surface area contributed by atoms with Gasteiger partial charge in [0.15, 0.2) is 5.54 Å². The van der Waals surface area contributed by atoms with Crippen molar-refractivity contribution in [2.75, 3.05) is 13.7 Å². The standard InChI is InChI=1S/C13H17NO4/c1-10(15)14-13(12(16)17,8-9-18-2)11-6-4-3-5-7-11/h3-7H,8-9H2,1-2H3,(H,14,15)(H,16,17). The van der Waals surface area contributed by atoms with Gasteiger partial charge in [-0.2, -0.15) is 0 Å². The summed E-state index contributed by atoms with van der Waals surface area (Å²) < 4.78 is 4.94. The predicted octanol–water partition coefficient (Wildman–Crippen LogP) is 1.14. The third-order valence-electron chi connectivity index (χ3n) is 2.70. The number of carbonyl (C=O) groups is 2. The summed E-state index contributed by atoms with van der Waals surface area (Å²) in [5.74, 6) is -1.49. The SMILES string of the molecule is COCCC(NC(C)=O)(C(=O)O)c1ccccc1. The molecular weight excluding hydrogens is 234 g/mol. The zero-order chi connectivity index (χ0) is 13.6. The van der Waals surface area contributed by atoms with E-state index in [9.17, 15) is 14.7 Å². The number of carboxylic acids is 1. The number of ether oxygens (including phenoxy) is 1. The van der Waals surface area contributed by atoms with Crippen LogP contribution in [-0.2, 0) is 19.9 Å². The maximum absolute atomic E-state index is 11.6. The number of carbonyl (C=O) groups excluding carboxylic acids is 1. The first-order valence-electron chi connectivity index (χ1n) is 5.59. The molecule has 0 saturated heterocycles. The highest BCUT2D eigenvalue weighted by Crippen LogP contribution is 2.25. The van der Waals surface area contributed by atoms with Crippen molar-refractivity contribution in [1.29, 1.82) is 0 Å². The monoisotopic (exact) mass is 251 g/mol. The van der Waals surface area contributed by atoms with Crippen LogP contribution in [0.5, 0.6) is 0 Å². The molecule has 0 radical (unpaired) electrons. The molecule has 0 aromatic heterocycles. The van der Waals surface area contributed by atoms with Crippen molar-refractivity contribution in [2.24, 2.45) is 0 Å². The Balaban J connectivity index is 3.19. The van der Waals surface area contributed by atoms with E-state index in [1.807, 2.05) is 0 Å². The van der Waals surface area contributed by atoms with E-state index in [-0.39, 0.29) is 13.0 Å². The normalized spacial score (nSPS) is 13.7. The lowest BCUT2D eigenvalue weighted by atomic mass is 9.86. The fraction of sp³-hybridized carbons (Fsp3) is 0.385. The highest BCUT2D eigenvalue weighted by molar-refractivity contribution is 5.87. The first-order chi connectivity index (χ1) is 8.53. The van der Waals surface area contributed by atoms with E-state index in [0.29, 0.717) is 5.56 Å². The number of carboxylic acid groups (broad SMARTS) is 1. The molecule has 98 valence electrons. The highest BCUT2D eigenvalue weighted by atomic mass is 16.5. The minimum absolute atomic E-state index is 0.169. The van der Waals surface area contributed by atoms with Gasteiger partial charge in [0.1, 0.15) is 0 Å². The van der Waals surface area contributed by atoms with Crippen molar-refractivity contribution in [1.82, 2.24) is 5.32 Å². The Morgan fingerprint density at radius 3 is 2.39 bits per heavy atom. The van der Waals surface area contributed by atoms with Gasteiger partial charge in [-0.25, -0.2) is 4.79 Å². The number of methoxy groups -OCH3 is 1. The van der Waals surface area contributed by atoms with Crippen molar-refractivity contribution in [3.8, 4) is 0 Å². The summed E-state index contributed by atoms with van der Waals surface area (Å²) in [5, 5.41) is 12.0. The van der Waals surface area contributed by atoms with Crippen LogP contribution in [0.4, 0.5) is 0 Å². The fourth-order valence-electron chi connectivity index (χ4n) is 1.84. The molecule has 1 rings (SSSR count). The van der Waals surface area contributed by atoms with E-state index in [1.165, 1.54) is 14.0 Å². The Labute approximate surface area is 106 Å². The van der Waals surface area contributed by atoms with E-state index in [0.717, 1.165) is 0 Å². The number of aliphatic carboxylic acids is 1. The lowest BCUT2D eigenvalue weighted by Crippen LogP contribution is -2.51. The van der Waals surface area contributed by atoms with Gasteiger partial charge < -0.3 is 15.2 Å². The molecule has 0 aliphatic rings. The largest absolute Gasteiger partial charge is 0.479 e. The molecule has 2 N–H and O–H groups in total. The summed E-state index contributed by atoms with van der Waals surface area (Å²) in [4.78, 5) is 22.9. The van der Waals surface area contributed by atoms with Crippen LogP contribution in [0.2, 0.25) is 0 Å². The highest BCUT2D eigenvalue weighted by Gasteiger charge is 2.40. The van der Waals surface area contributed by atoms with Crippen molar-refractivity contribution in [3.63, 3.8) is 0 Å². The lowest BCUT2D eigenvalue weighted by molar-refractivity contribution is -0.149. The molecule has 5 heteroatoms. The number of amides is 1. The molecule has 0 bridgehead atoms. The summed E-state index contributed by atoms with van der Waals surface area (Å²) in [6, 6.07) is 8.63. The fourth-order valence-corrected chi connectivity index (χ4v) is 1.84. The van der Waals surface area contributed by atoms with Gasteiger partial charge in [-0.15, -0.1) is 0 Å². The average Bonchev–Trinajstić information content (AvgIpc) is 2.34. The second-order valence-electron chi connectivity index (χ2n) is 4.00. The van der Waals surface area contributed by atoms with Crippen molar-refractivity contribution in [3.05, 3.63) is 35.9 Å². The molecule has 0 heterocycles. The van der Waals surface area contributed by atoms with E-state index in [1.54, 1.807) is 30.3 Å². The maximum Gasteiger partial charge on any atom is 0.334 e. The summed E-state index contributed by atoms with van der Waals surface area (Å²) in [6.45, 7) is 1.54. The zero-order valence-corrected chi connectivity index (χ0v) is 10.5. The smallest absolute Gasteiger partial charge is 0.334 e. The Kier molecular flexibility index (Phi) is 4.85. The summed E-state index contributed by atoms with van der Waals surface area (Å²) in [5.41, 5.74) is -0.909. The molecule has 18 heavy (non-hydrogen) atoms. The minimum Gasteiger partial charge on any atom is -0.479 e. The summed E-state index contributed by atoms with van der Waals surface area (Å²) in [6.07, 6.45) is 0.169. The van der Waals surface area contributed by atoms with Gasteiger partial charge in [-0.05, 0) is 5.56 Å². The summed E-state index contributed by atoms with van der Waals surface area (Å²) >= 11 is 0. The third kappa shape index (κ3) is 3.07. The maximum atomic E-state index is 11.6. The van der Waals surface area contributed by atoms with Crippen molar-refractivity contribution >= 4 is 11.9 Å². The molecule has 1 aromatic carbocycles. The van der Waals surface area contributed by atoms with Gasteiger partial charge in [0.25, 0.3) is 0 Å². The Morgan fingerprint density at radius 2 is 1.94 bits per heavy atom. The van der Waals surface area contributed by atoms with Crippen LogP contribution in [0.25, 0.3) is 0 Å². The van der Waals surface area contributed by atoms with Gasteiger partial charge in [-0.3, -0.25) is 4.79 Å². The van der Waals surface area contributed by atoms with Crippen LogP contribution in [0.15, 0.2) is 30.3 Å². The second-order valence-corrected chi connectivity index (χ2v) is 4.00. The van der Waals surface area contributed by atoms with Crippen LogP contribution >= 0.6 is 0 Å². The average molecular weight is 251 g/mol. The molecule has 0 fully saturated rings. The molecule has 5 nitrogen and oxygen atoms in total. The predicted molar refractivity (Wildman–Crippen MR) is 66.1 cm³/mol. The van der Waals surface area contributed by atoms with Gasteiger partial charge in [0.2, 0.25) is 5.91 Å². The second kappa shape index (κ2) is 6.16. The number of nitrogens with one attached hydrogen (secondary N) is 1. The number of rotatable bonds is 6. The minimum atomic E-state index is -1.44. The third-order valence-corrected chi connectivity index (χ3v) is 2.70. The van der Waals surface area contributed by atoms with Gasteiger partial charge in [0, 0.05) is 27.1 Å². The van der Waals surface area contributed by atoms with E-state index >= 15 is 0 Å². The zero-order valence-electron chi connectivity index (χ0n) is 10.5. The van der Waals surface area contributed by atoms with Gasteiger partial charge in [0.05, 0.1) is 0 Å². The Morgan fingerprint density at radius 1 is 1.33 bits per heavy atom. The summed E-state index contributed by atoms with van der Waals surface area (Å²) in [7, 11) is 1.49. The number of benzene rings is 1. The quantitative estimate of drug-likeness (QED) is 0.795. The molecule has 0 aliphatic heterocycles. The van der Waals surface area contributed by atoms with Crippen molar-refractivity contribution < 1.29 is 19.4 Å². The van der Waals surface area contributed by atoms with Crippen LogP contribution < -0.4 is 5.32 Å².